The van der Waals surface area contributed by atoms with Gasteiger partial charge in [-0.25, -0.2) is 14.7 Å². The molecular formula is C25H30N8O3. The number of hydrogen-bond acceptors (Lipinski definition) is 7. The number of nitrogens with one attached hydrogen (secondary N) is 2. The molecule has 0 aliphatic carbocycles. The van der Waals surface area contributed by atoms with E-state index < -0.39 is 6.09 Å². The van der Waals surface area contributed by atoms with Crippen LogP contribution in [0.3, 0.4) is 0 Å². The lowest BCUT2D eigenvalue weighted by atomic mass is 10.2. The van der Waals surface area contributed by atoms with E-state index in [4.69, 9.17) is 0 Å². The molecule has 4 rings (SSSR count). The molecule has 0 bridgehead atoms. The average molecular weight is 491 g/mol. The minimum absolute atomic E-state index is 0.157. The summed E-state index contributed by atoms with van der Waals surface area (Å²) < 4.78 is 1.62. The predicted octanol–water partition coefficient (Wildman–Crippen LogP) is 4.14. The maximum absolute atomic E-state index is 12.4. The van der Waals surface area contributed by atoms with E-state index in [0.29, 0.717) is 17.1 Å². The molecule has 0 atom stereocenters. The van der Waals surface area contributed by atoms with E-state index in [9.17, 15) is 14.7 Å². The second kappa shape index (κ2) is 11.9. The molecule has 1 saturated heterocycles. The van der Waals surface area contributed by atoms with Gasteiger partial charge in [-0.15, -0.1) is 0 Å². The van der Waals surface area contributed by atoms with E-state index in [1.807, 2.05) is 6.08 Å². The number of carboxylic acid groups (broad SMARTS) is 1. The number of amides is 2. The van der Waals surface area contributed by atoms with Crippen LogP contribution in [-0.4, -0.2) is 61.4 Å². The van der Waals surface area contributed by atoms with Crippen LogP contribution in [0.4, 0.5) is 33.6 Å². The Morgan fingerprint density at radius 2 is 1.94 bits per heavy atom. The number of aryl methyl sites for hydroxylation is 1. The zero-order valence-electron chi connectivity index (χ0n) is 20.2. The molecule has 3 N–H and O–H groups in total. The zero-order valence-corrected chi connectivity index (χ0v) is 20.2. The van der Waals surface area contributed by atoms with Gasteiger partial charge in [0.2, 0.25) is 11.9 Å². The highest BCUT2D eigenvalue weighted by Crippen LogP contribution is 2.27. The van der Waals surface area contributed by atoms with Crippen molar-refractivity contribution in [2.24, 2.45) is 7.05 Å². The molecule has 2 aromatic heterocycles. The molecule has 1 aliphatic heterocycles. The van der Waals surface area contributed by atoms with E-state index in [-0.39, 0.29) is 17.7 Å². The molecule has 36 heavy (non-hydrogen) atoms. The molecule has 0 saturated carbocycles. The van der Waals surface area contributed by atoms with Crippen molar-refractivity contribution in [3.8, 4) is 0 Å². The number of hydrogen-bond donors (Lipinski definition) is 3. The lowest BCUT2D eigenvalue weighted by Crippen LogP contribution is -2.25. The largest absolute Gasteiger partial charge is 0.464 e. The van der Waals surface area contributed by atoms with E-state index in [1.54, 1.807) is 48.4 Å². The molecule has 1 aliphatic rings. The van der Waals surface area contributed by atoms with Crippen LogP contribution >= 0.6 is 0 Å². The van der Waals surface area contributed by atoms with E-state index in [2.05, 4.69) is 30.6 Å². The van der Waals surface area contributed by atoms with Gasteiger partial charge in [-0.3, -0.25) is 14.4 Å². The van der Waals surface area contributed by atoms with Gasteiger partial charge in [0.15, 0.2) is 0 Å². The molecule has 188 valence electrons. The van der Waals surface area contributed by atoms with Crippen LogP contribution in [0.25, 0.3) is 0 Å². The van der Waals surface area contributed by atoms with Crippen LogP contribution in [0.5, 0.6) is 0 Å². The second-order valence-electron chi connectivity index (χ2n) is 8.54. The molecule has 11 heteroatoms. The minimum Gasteiger partial charge on any atom is -0.464 e. The lowest BCUT2D eigenvalue weighted by Gasteiger charge is -2.19. The summed E-state index contributed by atoms with van der Waals surface area (Å²) in [5.74, 6) is 0.115. The van der Waals surface area contributed by atoms with Gasteiger partial charge < -0.3 is 15.7 Å². The maximum atomic E-state index is 12.4. The fourth-order valence-corrected chi connectivity index (χ4v) is 4.02. The van der Waals surface area contributed by atoms with Gasteiger partial charge in [0.1, 0.15) is 5.82 Å². The van der Waals surface area contributed by atoms with Crippen molar-refractivity contribution in [2.45, 2.75) is 25.7 Å². The highest BCUT2D eigenvalue weighted by atomic mass is 16.4. The second-order valence-corrected chi connectivity index (χ2v) is 8.54. The van der Waals surface area contributed by atoms with E-state index >= 15 is 0 Å². The van der Waals surface area contributed by atoms with Crippen molar-refractivity contribution in [3.05, 3.63) is 61.1 Å². The Morgan fingerprint density at radius 3 is 2.67 bits per heavy atom. The Labute approximate surface area is 209 Å². The molecule has 1 aromatic carbocycles. The van der Waals surface area contributed by atoms with E-state index in [0.717, 1.165) is 24.5 Å². The Balaban J connectivity index is 1.44. The number of carbonyl (C=O) groups is 2. The van der Waals surface area contributed by atoms with Crippen molar-refractivity contribution in [1.82, 2.24) is 24.6 Å². The molecule has 1 fully saturated rings. The molecular weight excluding hydrogens is 460 g/mol. The van der Waals surface area contributed by atoms with Crippen molar-refractivity contribution in [2.75, 3.05) is 35.2 Å². The molecule has 3 aromatic rings. The normalized spacial score (nSPS) is 14.4. The Hall–Kier alpha value is -4.25. The number of likely N-dealkylation sites (tertiary alicyclic amines) is 1. The highest BCUT2D eigenvalue weighted by Gasteiger charge is 2.20. The molecule has 0 spiro atoms. The van der Waals surface area contributed by atoms with E-state index in [1.165, 1.54) is 44.0 Å². The van der Waals surface area contributed by atoms with Crippen LogP contribution < -0.4 is 15.5 Å². The molecule has 11 nitrogen and oxygen atoms in total. The number of anilines is 5. The molecule has 2 amide bonds. The SMILES string of the molecule is Cn1cc(Nc2nccc(N(C(=O)O)c3cccc(NC(=O)/C=C/CN4CCCCCC4)c3)n2)cn1. The third-order valence-corrected chi connectivity index (χ3v) is 5.73. The van der Waals surface area contributed by atoms with Crippen molar-refractivity contribution in [3.63, 3.8) is 0 Å². The third-order valence-electron chi connectivity index (χ3n) is 5.73. The van der Waals surface area contributed by atoms with Crippen LogP contribution in [0.2, 0.25) is 0 Å². The van der Waals surface area contributed by atoms with Crippen molar-refractivity contribution >= 4 is 40.8 Å². The molecule has 0 radical (unpaired) electrons. The van der Waals surface area contributed by atoms with Crippen molar-refractivity contribution in [1.29, 1.82) is 0 Å². The molecule has 0 unspecified atom stereocenters. The van der Waals surface area contributed by atoms with Gasteiger partial charge in [-0.1, -0.05) is 25.0 Å². The topological polar surface area (TPSA) is 129 Å². The highest BCUT2D eigenvalue weighted by molar-refractivity contribution is 6.00. The number of nitrogens with zero attached hydrogens (tertiary/aromatic N) is 6. The first kappa shape index (κ1) is 24.9. The van der Waals surface area contributed by atoms with Crippen LogP contribution in [-0.2, 0) is 11.8 Å². The monoisotopic (exact) mass is 490 g/mol. The van der Waals surface area contributed by atoms with Gasteiger partial charge in [-0.05, 0) is 44.1 Å². The maximum Gasteiger partial charge on any atom is 0.417 e. The average Bonchev–Trinajstić information content (AvgIpc) is 3.08. The minimum atomic E-state index is -1.22. The zero-order chi connectivity index (χ0) is 25.3. The van der Waals surface area contributed by atoms with Gasteiger partial charge >= 0.3 is 6.09 Å². The summed E-state index contributed by atoms with van der Waals surface area (Å²) in [6.07, 6.45) is 11.9. The number of carbonyl (C=O) groups excluding carboxylic acids is 1. The Kier molecular flexibility index (Phi) is 8.24. The van der Waals surface area contributed by atoms with Gasteiger partial charge in [0.05, 0.1) is 17.6 Å². The van der Waals surface area contributed by atoms with Gasteiger partial charge in [-0.2, -0.15) is 10.1 Å². The smallest absolute Gasteiger partial charge is 0.417 e. The van der Waals surface area contributed by atoms with Crippen LogP contribution in [0, 0.1) is 0 Å². The summed E-state index contributed by atoms with van der Waals surface area (Å²) in [7, 11) is 1.78. The Morgan fingerprint density at radius 1 is 1.14 bits per heavy atom. The van der Waals surface area contributed by atoms with Gasteiger partial charge in [0, 0.05) is 43.8 Å². The number of benzene rings is 1. The fraction of sp³-hybridized carbons (Fsp3) is 0.320. The molecule has 3 heterocycles. The van der Waals surface area contributed by atoms with Crippen LogP contribution in [0.1, 0.15) is 25.7 Å². The summed E-state index contributed by atoms with van der Waals surface area (Å²) in [4.78, 5) is 36.5. The standard InChI is InChI=1S/C25H30N8O3/c1-31-18-20(17-27-31)29-24-26-12-11-22(30-24)33(25(35)36)21-9-6-8-19(16-21)28-23(34)10-7-15-32-13-4-2-3-5-14-32/h6-12,16-18H,2-5,13-15H2,1H3,(H,28,34)(H,35,36)(H,26,29,30)/b10-7+. The lowest BCUT2D eigenvalue weighted by molar-refractivity contribution is -0.111. The Bertz CT molecular complexity index is 1220. The van der Waals surface area contributed by atoms with Gasteiger partial charge in [0.25, 0.3) is 0 Å². The first-order valence-electron chi connectivity index (χ1n) is 11.9. The summed E-state index contributed by atoms with van der Waals surface area (Å²) in [6, 6.07) is 8.11. The summed E-state index contributed by atoms with van der Waals surface area (Å²) >= 11 is 0. The van der Waals surface area contributed by atoms with Crippen LogP contribution in [0.15, 0.2) is 61.1 Å². The summed E-state index contributed by atoms with van der Waals surface area (Å²) in [5.41, 5.74) is 1.48. The summed E-state index contributed by atoms with van der Waals surface area (Å²) in [6.45, 7) is 2.85. The number of rotatable bonds is 8. The first-order valence-corrected chi connectivity index (χ1v) is 11.9. The number of aromatic nitrogens is 4. The predicted molar refractivity (Wildman–Crippen MR) is 138 cm³/mol. The third kappa shape index (κ3) is 6.89. The fourth-order valence-electron chi connectivity index (χ4n) is 4.02. The quantitative estimate of drug-likeness (QED) is 0.402. The van der Waals surface area contributed by atoms with Crippen molar-refractivity contribution < 1.29 is 14.7 Å². The summed E-state index contributed by atoms with van der Waals surface area (Å²) in [5, 5.41) is 19.8. The first-order chi connectivity index (χ1) is 17.5.